The first-order valence-corrected chi connectivity index (χ1v) is 8.68. The summed E-state index contributed by atoms with van der Waals surface area (Å²) < 4.78 is 0. The van der Waals surface area contributed by atoms with E-state index in [0.29, 0.717) is 11.0 Å². The van der Waals surface area contributed by atoms with Crippen LogP contribution in [0.2, 0.25) is 5.02 Å². The number of piperidine rings is 1. The number of halogens is 1. The topological polar surface area (TPSA) is 74.2 Å². The first kappa shape index (κ1) is 17.1. The normalized spacial score (nSPS) is 18.5. The molecule has 0 spiro atoms. The summed E-state index contributed by atoms with van der Waals surface area (Å²) in [7, 11) is 0. The quantitative estimate of drug-likeness (QED) is 0.782. The van der Waals surface area contributed by atoms with Crippen LogP contribution in [0.3, 0.4) is 0 Å². The lowest BCUT2D eigenvalue weighted by molar-refractivity contribution is 0.0706. The van der Waals surface area contributed by atoms with Crippen LogP contribution >= 0.6 is 11.6 Å². The van der Waals surface area contributed by atoms with Crippen molar-refractivity contribution in [1.29, 1.82) is 0 Å². The Bertz CT molecular complexity index is 669. The van der Waals surface area contributed by atoms with Crippen molar-refractivity contribution in [3.8, 4) is 11.3 Å². The van der Waals surface area contributed by atoms with Crippen LogP contribution < -0.4 is 5.32 Å². The number of rotatable bonds is 6. The second-order valence-corrected chi connectivity index (χ2v) is 6.49. The van der Waals surface area contributed by atoms with Gasteiger partial charge in [0, 0.05) is 23.7 Å². The smallest absolute Gasteiger partial charge is 0.243 e. The molecule has 2 aromatic rings. The maximum absolute atomic E-state index is 9.68. The van der Waals surface area contributed by atoms with E-state index in [0.717, 1.165) is 56.7 Å². The van der Waals surface area contributed by atoms with Gasteiger partial charge in [-0.1, -0.05) is 23.7 Å². The molecule has 0 radical (unpaired) electrons. The Morgan fingerprint density at radius 2 is 2.29 bits per heavy atom. The van der Waals surface area contributed by atoms with Gasteiger partial charge in [-0.3, -0.25) is 0 Å². The van der Waals surface area contributed by atoms with Gasteiger partial charge in [-0.05, 0) is 44.5 Å². The number of hydrogen-bond acceptors (Lipinski definition) is 6. The zero-order valence-corrected chi connectivity index (χ0v) is 14.3. The van der Waals surface area contributed by atoms with Crippen molar-refractivity contribution in [2.24, 2.45) is 0 Å². The summed E-state index contributed by atoms with van der Waals surface area (Å²) in [4.78, 5) is 6.79. The largest absolute Gasteiger partial charge is 0.392 e. The van der Waals surface area contributed by atoms with Gasteiger partial charge in [-0.25, -0.2) is 4.98 Å². The molecule has 1 aliphatic heterocycles. The third-order valence-electron chi connectivity index (χ3n) is 4.09. The highest BCUT2D eigenvalue weighted by Gasteiger charge is 2.16. The molecule has 24 heavy (non-hydrogen) atoms. The molecule has 1 aromatic heterocycles. The molecule has 0 aliphatic carbocycles. The van der Waals surface area contributed by atoms with E-state index in [-0.39, 0.29) is 6.10 Å². The van der Waals surface area contributed by atoms with Gasteiger partial charge in [0.1, 0.15) is 0 Å². The van der Waals surface area contributed by atoms with E-state index in [1.807, 2.05) is 24.3 Å². The fourth-order valence-corrected chi connectivity index (χ4v) is 3.09. The number of aliphatic hydroxyl groups excluding tert-OH is 1. The maximum Gasteiger partial charge on any atom is 0.243 e. The Balaban J connectivity index is 1.50. The first-order valence-electron chi connectivity index (χ1n) is 8.30. The molecule has 6 nitrogen and oxygen atoms in total. The number of likely N-dealkylation sites (tertiary alicyclic amines) is 1. The van der Waals surface area contributed by atoms with Crippen molar-refractivity contribution in [2.75, 3.05) is 31.5 Å². The second kappa shape index (κ2) is 8.37. The van der Waals surface area contributed by atoms with E-state index in [1.54, 1.807) is 6.20 Å². The predicted octanol–water partition coefficient (Wildman–Crippen LogP) is 2.45. The number of benzene rings is 1. The highest BCUT2D eigenvalue weighted by atomic mass is 35.5. The van der Waals surface area contributed by atoms with Crippen LogP contribution in [0, 0.1) is 0 Å². The molecule has 1 fully saturated rings. The molecular weight excluding hydrogens is 326 g/mol. The van der Waals surface area contributed by atoms with E-state index in [1.165, 1.54) is 0 Å². The summed E-state index contributed by atoms with van der Waals surface area (Å²) in [5.74, 6) is 0.520. The standard InChI is InChI=1S/C17H22ClN5O/c18-14-5-1-4-13(10-14)16-11-20-22-17(21-16)19-7-3-9-23-8-2-6-15(24)12-23/h1,4-5,10-11,15,24H,2-3,6-9,12H2,(H,19,21,22). The Labute approximate surface area is 146 Å². The monoisotopic (exact) mass is 347 g/mol. The Hall–Kier alpha value is -1.76. The van der Waals surface area contributed by atoms with Crippen LogP contribution in [-0.2, 0) is 0 Å². The summed E-state index contributed by atoms with van der Waals surface area (Å²) in [6.45, 7) is 3.58. The third kappa shape index (κ3) is 4.87. The Kier molecular flexibility index (Phi) is 5.96. The van der Waals surface area contributed by atoms with E-state index >= 15 is 0 Å². The number of β-amino-alcohol motifs (C(OH)–C–C–N with tert-alkyl or cyclic N) is 1. The summed E-state index contributed by atoms with van der Waals surface area (Å²) in [6, 6.07) is 7.52. The summed E-state index contributed by atoms with van der Waals surface area (Å²) in [6.07, 6.45) is 4.42. The molecule has 7 heteroatoms. The Morgan fingerprint density at radius 3 is 3.12 bits per heavy atom. The van der Waals surface area contributed by atoms with Gasteiger partial charge in [0.25, 0.3) is 0 Å². The highest BCUT2D eigenvalue weighted by molar-refractivity contribution is 6.30. The molecule has 1 atom stereocenters. The number of nitrogens with zero attached hydrogens (tertiary/aromatic N) is 4. The SMILES string of the molecule is OC1CCCN(CCCNc2nncc(-c3cccc(Cl)c3)n2)C1. The van der Waals surface area contributed by atoms with E-state index < -0.39 is 0 Å². The fraction of sp³-hybridized carbons (Fsp3) is 0.471. The molecule has 2 heterocycles. The summed E-state index contributed by atoms with van der Waals surface area (Å²) in [5.41, 5.74) is 1.66. The van der Waals surface area contributed by atoms with Crippen molar-refractivity contribution in [3.05, 3.63) is 35.5 Å². The predicted molar refractivity (Wildman–Crippen MR) is 95.1 cm³/mol. The minimum absolute atomic E-state index is 0.173. The average molecular weight is 348 g/mol. The lowest BCUT2D eigenvalue weighted by Gasteiger charge is -2.29. The van der Waals surface area contributed by atoms with Gasteiger partial charge in [-0.2, -0.15) is 5.10 Å². The molecule has 1 unspecified atom stereocenters. The fourth-order valence-electron chi connectivity index (χ4n) is 2.90. The van der Waals surface area contributed by atoms with Crippen molar-refractivity contribution in [2.45, 2.75) is 25.4 Å². The second-order valence-electron chi connectivity index (χ2n) is 6.05. The van der Waals surface area contributed by atoms with Crippen molar-refractivity contribution >= 4 is 17.5 Å². The lowest BCUT2D eigenvalue weighted by Crippen LogP contribution is -2.39. The van der Waals surface area contributed by atoms with E-state index in [4.69, 9.17) is 11.6 Å². The number of nitrogens with one attached hydrogen (secondary N) is 1. The van der Waals surface area contributed by atoms with Crippen LogP contribution in [0.15, 0.2) is 30.5 Å². The highest BCUT2D eigenvalue weighted by Crippen LogP contribution is 2.20. The number of anilines is 1. The zero-order valence-electron chi connectivity index (χ0n) is 13.5. The van der Waals surface area contributed by atoms with Gasteiger partial charge in [0.2, 0.25) is 5.95 Å². The maximum atomic E-state index is 9.68. The van der Waals surface area contributed by atoms with Crippen LogP contribution in [-0.4, -0.2) is 57.5 Å². The van der Waals surface area contributed by atoms with Crippen LogP contribution in [0.1, 0.15) is 19.3 Å². The molecule has 2 N–H and O–H groups in total. The van der Waals surface area contributed by atoms with Crippen molar-refractivity contribution in [1.82, 2.24) is 20.1 Å². The minimum atomic E-state index is -0.173. The molecular formula is C17H22ClN5O. The zero-order chi connectivity index (χ0) is 16.8. The molecule has 3 rings (SSSR count). The molecule has 0 saturated carbocycles. The van der Waals surface area contributed by atoms with Gasteiger partial charge in [0.05, 0.1) is 18.0 Å². The minimum Gasteiger partial charge on any atom is -0.392 e. The number of hydrogen-bond donors (Lipinski definition) is 2. The van der Waals surface area contributed by atoms with Crippen molar-refractivity contribution in [3.63, 3.8) is 0 Å². The molecule has 0 bridgehead atoms. The third-order valence-corrected chi connectivity index (χ3v) is 4.33. The summed E-state index contributed by atoms with van der Waals surface area (Å²) >= 11 is 6.02. The lowest BCUT2D eigenvalue weighted by atomic mass is 10.1. The molecule has 1 aromatic carbocycles. The van der Waals surface area contributed by atoms with Gasteiger partial charge in [-0.15, -0.1) is 5.10 Å². The van der Waals surface area contributed by atoms with Crippen LogP contribution in [0.4, 0.5) is 5.95 Å². The molecule has 128 valence electrons. The van der Waals surface area contributed by atoms with Gasteiger partial charge >= 0.3 is 0 Å². The summed E-state index contributed by atoms with van der Waals surface area (Å²) in [5, 5.41) is 21.6. The van der Waals surface area contributed by atoms with Crippen LogP contribution in [0.25, 0.3) is 11.3 Å². The number of aromatic nitrogens is 3. The molecule has 1 saturated heterocycles. The van der Waals surface area contributed by atoms with Crippen molar-refractivity contribution < 1.29 is 5.11 Å². The van der Waals surface area contributed by atoms with Gasteiger partial charge < -0.3 is 15.3 Å². The first-order chi connectivity index (χ1) is 11.7. The molecule has 1 aliphatic rings. The number of aliphatic hydroxyl groups is 1. The van der Waals surface area contributed by atoms with Gasteiger partial charge in [0.15, 0.2) is 0 Å². The Morgan fingerprint density at radius 1 is 1.38 bits per heavy atom. The van der Waals surface area contributed by atoms with E-state index in [2.05, 4.69) is 25.4 Å². The molecule has 0 amide bonds. The van der Waals surface area contributed by atoms with Crippen LogP contribution in [0.5, 0.6) is 0 Å². The van der Waals surface area contributed by atoms with E-state index in [9.17, 15) is 5.11 Å². The average Bonchev–Trinajstić information content (AvgIpc) is 2.59.